The van der Waals surface area contributed by atoms with E-state index in [9.17, 15) is 10.1 Å². The van der Waals surface area contributed by atoms with Crippen molar-refractivity contribution in [2.45, 2.75) is 0 Å². The summed E-state index contributed by atoms with van der Waals surface area (Å²) < 4.78 is 0. The van der Waals surface area contributed by atoms with Crippen molar-refractivity contribution in [3.63, 3.8) is 0 Å². The van der Waals surface area contributed by atoms with Crippen molar-refractivity contribution in [1.29, 1.82) is 0 Å². The average Bonchev–Trinajstić information content (AvgIpc) is 2.76. The molecule has 80 valence electrons. The number of nitro groups is 1. The Bertz CT molecular complexity index is 520. The van der Waals surface area contributed by atoms with E-state index in [0.29, 0.717) is 0 Å². The van der Waals surface area contributed by atoms with Gasteiger partial charge in [-0.05, 0) is 18.2 Å². The molecule has 2 rings (SSSR count). The number of hydrogen-bond donors (Lipinski definition) is 0. The van der Waals surface area contributed by atoms with Gasteiger partial charge < -0.3 is 0 Å². The minimum Gasteiger partial charge on any atom is -0.258 e. The topological polar surface area (TPSA) is 55.5 Å². The van der Waals surface area contributed by atoms with Crippen LogP contribution in [0.5, 0.6) is 0 Å². The molecule has 0 aliphatic rings. The van der Waals surface area contributed by atoms with Gasteiger partial charge in [0.25, 0.3) is 0 Å². The molecule has 1 aromatic carbocycles. The molecule has 0 saturated carbocycles. The first-order valence-electron chi connectivity index (χ1n) is 4.59. The molecule has 0 radical (unpaired) electrons. The second-order valence-corrected chi connectivity index (χ2v) is 4.12. The molecule has 1 aromatic heterocycles. The monoisotopic (exact) mass is 232 g/mol. The molecule has 0 atom stereocenters. The third-order valence-corrected chi connectivity index (χ3v) is 2.86. The lowest BCUT2D eigenvalue weighted by Crippen LogP contribution is -1.80. The van der Waals surface area contributed by atoms with Gasteiger partial charge in [0.15, 0.2) is 0 Å². The SMILES string of the molecule is O=[N+]([O-])c1ccc(C=Nc2ccccc2)s1. The van der Waals surface area contributed by atoms with Crippen LogP contribution >= 0.6 is 11.3 Å². The van der Waals surface area contributed by atoms with Crippen molar-refractivity contribution in [3.8, 4) is 0 Å². The highest BCUT2D eigenvalue weighted by Gasteiger charge is 2.07. The van der Waals surface area contributed by atoms with Crippen molar-refractivity contribution in [3.05, 3.63) is 57.5 Å². The van der Waals surface area contributed by atoms with Crippen molar-refractivity contribution in [1.82, 2.24) is 0 Å². The molecule has 0 fully saturated rings. The Morgan fingerprint density at radius 1 is 1.19 bits per heavy atom. The van der Waals surface area contributed by atoms with E-state index in [0.717, 1.165) is 21.9 Å². The Morgan fingerprint density at radius 2 is 1.94 bits per heavy atom. The van der Waals surface area contributed by atoms with Gasteiger partial charge >= 0.3 is 5.00 Å². The Kier molecular flexibility index (Phi) is 3.07. The van der Waals surface area contributed by atoms with Gasteiger partial charge in [-0.2, -0.15) is 0 Å². The first kappa shape index (κ1) is 10.5. The van der Waals surface area contributed by atoms with E-state index >= 15 is 0 Å². The van der Waals surface area contributed by atoms with E-state index in [-0.39, 0.29) is 5.00 Å². The van der Waals surface area contributed by atoms with Gasteiger partial charge in [0.2, 0.25) is 0 Å². The highest BCUT2D eigenvalue weighted by Crippen LogP contribution is 2.23. The molecule has 1 heterocycles. The average molecular weight is 232 g/mol. The first-order valence-corrected chi connectivity index (χ1v) is 5.41. The maximum absolute atomic E-state index is 10.5. The number of hydrogen-bond acceptors (Lipinski definition) is 4. The highest BCUT2D eigenvalue weighted by molar-refractivity contribution is 7.16. The largest absolute Gasteiger partial charge is 0.324 e. The molecule has 0 bridgehead atoms. The lowest BCUT2D eigenvalue weighted by Gasteiger charge is -1.89. The minimum atomic E-state index is -0.398. The fraction of sp³-hybridized carbons (Fsp3) is 0. The standard InChI is InChI=1S/C11H8N2O2S/c14-13(15)11-7-6-10(16-11)8-12-9-4-2-1-3-5-9/h1-8H. The van der Waals surface area contributed by atoms with Crippen LogP contribution in [0.2, 0.25) is 0 Å². The summed E-state index contributed by atoms with van der Waals surface area (Å²) in [6.45, 7) is 0. The quantitative estimate of drug-likeness (QED) is 0.462. The zero-order valence-electron chi connectivity index (χ0n) is 8.24. The summed E-state index contributed by atoms with van der Waals surface area (Å²) in [7, 11) is 0. The van der Waals surface area contributed by atoms with Crippen molar-refractivity contribution in [2.24, 2.45) is 4.99 Å². The van der Waals surface area contributed by atoms with Gasteiger partial charge in [-0.3, -0.25) is 15.1 Å². The Hall–Kier alpha value is -2.01. The molecule has 0 spiro atoms. The van der Waals surface area contributed by atoms with Crippen LogP contribution in [0.3, 0.4) is 0 Å². The van der Waals surface area contributed by atoms with E-state index in [1.54, 1.807) is 12.3 Å². The number of benzene rings is 1. The van der Waals surface area contributed by atoms with E-state index in [1.807, 2.05) is 30.3 Å². The molecule has 4 nitrogen and oxygen atoms in total. The molecular weight excluding hydrogens is 224 g/mol. The summed E-state index contributed by atoms with van der Waals surface area (Å²) in [5.74, 6) is 0. The molecule has 0 amide bonds. The summed E-state index contributed by atoms with van der Waals surface area (Å²) >= 11 is 1.11. The maximum atomic E-state index is 10.5. The van der Waals surface area contributed by atoms with E-state index in [4.69, 9.17) is 0 Å². The first-order chi connectivity index (χ1) is 7.75. The third-order valence-electron chi connectivity index (χ3n) is 1.89. The van der Waals surface area contributed by atoms with Gasteiger partial charge in [-0.25, -0.2) is 0 Å². The lowest BCUT2D eigenvalue weighted by molar-refractivity contribution is -0.380. The Balaban J connectivity index is 2.15. The molecule has 0 aliphatic carbocycles. The van der Waals surface area contributed by atoms with Crippen LogP contribution in [0, 0.1) is 10.1 Å². The molecule has 2 aromatic rings. The van der Waals surface area contributed by atoms with Gasteiger partial charge in [-0.1, -0.05) is 29.5 Å². The fourth-order valence-corrected chi connectivity index (χ4v) is 1.86. The Morgan fingerprint density at radius 3 is 2.56 bits per heavy atom. The third kappa shape index (κ3) is 2.52. The van der Waals surface area contributed by atoms with Crippen molar-refractivity contribution >= 4 is 28.2 Å². The highest BCUT2D eigenvalue weighted by atomic mass is 32.1. The molecule has 5 heteroatoms. The van der Waals surface area contributed by atoms with E-state index in [2.05, 4.69) is 4.99 Å². The molecular formula is C11H8N2O2S. The second-order valence-electron chi connectivity index (χ2n) is 3.03. The summed E-state index contributed by atoms with van der Waals surface area (Å²) in [5.41, 5.74) is 0.832. The van der Waals surface area contributed by atoms with Crippen LogP contribution in [0.25, 0.3) is 0 Å². The normalized spacial score (nSPS) is 10.8. The van der Waals surface area contributed by atoms with Gasteiger partial charge in [0.1, 0.15) is 0 Å². The zero-order valence-corrected chi connectivity index (χ0v) is 9.05. The minimum absolute atomic E-state index is 0.134. The predicted octanol–water partition coefficient (Wildman–Crippen LogP) is 3.41. The van der Waals surface area contributed by atoms with Crippen LogP contribution in [0.15, 0.2) is 47.5 Å². The molecule has 0 N–H and O–H groups in total. The summed E-state index contributed by atoms with van der Waals surface area (Å²) in [5, 5.41) is 10.6. The van der Waals surface area contributed by atoms with E-state index in [1.165, 1.54) is 6.07 Å². The van der Waals surface area contributed by atoms with Gasteiger partial charge in [0, 0.05) is 12.3 Å². The predicted molar refractivity (Wildman–Crippen MR) is 64.7 cm³/mol. The van der Waals surface area contributed by atoms with Crippen LogP contribution in [0.1, 0.15) is 4.88 Å². The van der Waals surface area contributed by atoms with Crippen molar-refractivity contribution < 1.29 is 4.92 Å². The number of aliphatic imine (C=N–C) groups is 1. The van der Waals surface area contributed by atoms with Crippen LogP contribution in [-0.4, -0.2) is 11.1 Å². The number of thiophene rings is 1. The summed E-state index contributed by atoms with van der Waals surface area (Å²) in [6, 6.07) is 12.6. The van der Waals surface area contributed by atoms with Crippen LogP contribution in [0.4, 0.5) is 10.7 Å². The number of para-hydroxylation sites is 1. The summed E-state index contributed by atoms with van der Waals surface area (Å²) in [4.78, 5) is 15.0. The lowest BCUT2D eigenvalue weighted by atomic mass is 10.3. The second kappa shape index (κ2) is 4.67. The zero-order chi connectivity index (χ0) is 11.4. The van der Waals surface area contributed by atoms with Crippen LogP contribution in [-0.2, 0) is 0 Å². The van der Waals surface area contributed by atoms with Gasteiger partial charge in [0.05, 0.1) is 15.5 Å². The molecule has 0 saturated heterocycles. The molecule has 0 unspecified atom stereocenters. The summed E-state index contributed by atoms with van der Waals surface area (Å²) in [6.07, 6.45) is 1.63. The molecule has 0 aliphatic heterocycles. The van der Waals surface area contributed by atoms with Crippen molar-refractivity contribution in [2.75, 3.05) is 0 Å². The van der Waals surface area contributed by atoms with Gasteiger partial charge in [-0.15, -0.1) is 0 Å². The maximum Gasteiger partial charge on any atom is 0.324 e. The Labute approximate surface area is 96.0 Å². The molecule has 16 heavy (non-hydrogen) atoms. The van der Waals surface area contributed by atoms with Crippen LogP contribution < -0.4 is 0 Å². The number of nitrogens with zero attached hydrogens (tertiary/aromatic N) is 2. The number of rotatable bonds is 3. The smallest absolute Gasteiger partial charge is 0.258 e. The fourth-order valence-electron chi connectivity index (χ4n) is 1.16. The van der Waals surface area contributed by atoms with E-state index < -0.39 is 4.92 Å².